The van der Waals surface area contributed by atoms with Gasteiger partial charge in [0.25, 0.3) is 0 Å². The lowest BCUT2D eigenvalue weighted by Crippen LogP contribution is -2.34. The number of nitrogens with zero attached hydrogens (tertiary/aromatic N) is 2. The van der Waals surface area contributed by atoms with Gasteiger partial charge in [0.05, 0.1) is 11.3 Å². The van der Waals surface area contributed by atoms with Crippen LogP contribution in [0.25, 0.3) is 0 Å². The molecule has 1 saturated heterocycles. The van der Waals surface area contributed by atoms with E-state index in [1.807, 2.05) is 24.3 Å². The molecule has 3 nitrogen and oxygen atoms in total. The molecule has 1 atom stereocenters. The van der Waals surface area contributed by atoms with Gasteiger partial charge in [0.15, 0.2) is 0 Å². The normalized spacial score (nSPS) is 18.5. The molecular weight excluding hydrogens is 383 g/mol. The van der Waals surface area contributed by atoms with E-state index >= 15 is 0 Å². The number of rotatable bonds is 3. The first-order valence-corrected chi connectivity index (χ1v) is 8.21. The fourth-order valence-electron chi connectivity index (χ4n) is 2.45. The van der Waals surface area contributed by atoms with Crippen LogP contribution in [0.5, 0.6) is 0 Å². The second-order valence-electron chi connectivity index (χ2n) is 5.46. The molecule has 0 aliphatic carbocycles. The summed E-state index contributed by atoms with van der Waals surface area (Å²) in [6.07, 6.45) is -2.00. The number of halogens is 4. The number of aliphatic imine (C=N–C) groups is 1. The molecular formula is C17H15BrF3N3. The monoisotopic (exact) mass is 397 g/mol. The Balaban J connectivity index is 1.66. The van der Waals surface area contributed by atoms with Gasteiger partial charge in [-0.15, -0.1) is 0 Å². The number of hydrogen-bond donors (Lipinski definition) is 1. The molecule has 0 saturated carbocycles. The van der Waals surface area contributed by atoms with Crippen LogP contribution >= 0.6 is 15.9 Å². The lowest BCUT2D eigenvalue weighted by atomic mass is 10.2. The van der Waals surface area contributed by atoms with E-state index in [0.29, 0.717) is 12.2 Å². The van der Waals surface area contributed by atoms with Crippen LogP contribution in [0.2, 0.25) is 0 Å². The summed E-state index contributed by atoms with van der Waals surface area (Å²) in [5.41, 5.74) is 3.94. The van der Waals surface area contributed by atoms with Crippen molar-refractivity contribution in [2.24, 2.45) is 4.99 Å². The van der Waals surface area contributed by atoms with E-state index in [-0.39, 0.29) is 6.17 Å². The Labute approximate surface area is 146 Å². The first-order valence-electron chi connectivity index (χ1n) is 7.41. The standard InChI is InChI=1S/C17H15BrF3N3/c18-14-6-4-12(5-7-14)11-22-16-8-9-24(23-16)15-3-1-2-13(10-15)17(19,20)21/h1-7,10-11,16,23H,8-9H2/b22-11+. The van der Waals surface area contributed by atoms with Crippen LogP contribution in [0.3, 0.4) is 0 Å². The zero-order chi connectivity index (χ0) is 17.2. The highest BCUT2D eigenvalue weighted by Gasteiger charge is 2.31. The van der Waals surface area contributed by atoms with Crippen molar-refractivity contribution in [1.29, 1.82) is 0 Å². The molecule has 1 N–H and O–H groups in total. The second-order valence-corrected chi connectivity index (χ2v) is 6.38. The molecule has 0 bridgehead atoms. The third-order valence-electron chi connectivity index (χ3n) is 3.69. The van der Waals surface area contributed by atoms with Gasteiger partial charge in [-0.25, -0.2) is 5.43 Å². The molecule has 0 aromatic heterocycles. The Kier molecular flexibility index (Phi) is 4.91. The molecule has 0 radical (unpaired) electrons. The average Bonchev–Trinajstić information content (AvgIpc) is 3.03. The minimum Gasteiger partial charge on any atom is -0.306 e. The summed E-state index contributed by atoms with van der Waals surface area (Å²) >= 11 is 3.37. The molecule has 24 heavy (non-hydrogen) atoms. The molecule has 1 heterocycles. The highest BCUT2D eigenvalue weighted by molar-refractivity contribution is 9.10. The maximum Gasteiger partial charge on any atom is 0.416 e. The molecule has 0 amide bonds. The lowest BCUT2D eigenvalue weighted by molar-refractivity contribution is -0.137. The SMILES string of the molecule is FC(F)(F)c1cccc(N2CCC(/N=C/c3ccc(Br)cc3)N2)c1. The Morgan fingerprint density at radius 2 is 1.92 bits per heavy atom. The van der Waals surface area contributed by atoms with Gasteiger partial charge >= 0.3 is 6.18 Å². The summed E-state index contributed by atoms with van der Waals surface area (Å²) in [4.78, 5) is 4.45. The van der Waals surface area contributed by atoms with Crippen molar-refractivity contribution in [1.82, 2.24) is 5.43 Å². The van der Waals surface area contributed by atoms with E-state index in [9.17, 15) is 13.2 Å². The van der Waals surface area contributed by atoms with Crippen LogP contribution in [0.1, 0.15) is 17.5 Å². The van der Waals surface area contributed by atoms with Crippen LogP contribution in [-0.4, -0.2) is 18.9 Å². The molecule has 3 rings (SSSR count). The van der Waals surface area contributed by atoms with Crippen molar-refractivity contribution in [3.05, 3.63) is 64.1 Å². The number of nitrogens with one attached hydrogen (secondary N) is 1. The maximum absolute atomic E-state index is 12.8. The Hall–Kier alpha value is -1.86. The summed E-state index contributed by atoms with van der Waals surface area (Å²) in [6, 6.07) is 13.0. The summed E-state index contributed by atoms with van der Waals surface area (Å²) in [6.45, 7) is 0.601. The zero-order valence-electron chi connectivity index (χ0n) is 12.6. The molecule has 7 heteroatoms. The largest absolute Gasteiger partial charge is 0.416 e. The van der Waals surface area contributed by atoms with Crippen molar-refractivity contribution in [2.45, 2.75) is 18.8 Å². The number of benzene rings is 2. The molecule has 126 valence electrons. The van der Waals surface area contributed by atoms with E-state index in [2.05, 4.69) is 26.3 Å². The van der Waals surface area contributed by atoms with E-state index in [4.69, 9.17) is 0 Å². The Bertz CT molecular complexity index is 729. The van der Waals surface area contributed by atoms with Crippen molar-refractivity contribution in [3.63, 3.8) is 0 Å². The van der Waals surface area contributed by atoms with Crippen LogP contribution in [0.15, 0.2) is 58.0 Å². The van der Waals surface area contributed by atoms with Crippen molar-refractivity contribution in [2.75, 3.05) is 11.6 Å². The van der Waals surface area contributed by atoms with Gasteiger partial charge in [0.1, 0.15) is 6.17 Å². The number of hydrazine groups is 1. The molecule has 1 aliphatic heterocycles. The van der Waals surface area contributed by atoms with Gasteiger partial charge in [0, 0.05) is 23.7 Å². The van der Waals surface area contributed by atoms with E-state index in [0.717, 1.165) is 28.6 Å². The number of hydrogen-bond acceptors (Lipinski definition) is 3. The molecule has 1 aliphatic rings. The zero-order valence-corrected chi connectivity index (χ0v) is 14.2. The first kappa shape index (κ1) is 17.0. The van der Waals surface area contributed by atoms with Crippen LogP contribution in [0, 0.1) is 0 Å². The van der Waals surface area contributed by atoms with Crippen molar-refractivity contribution < 1.29 is 13.2 Å². The van der Waals surface area contributed by atoms with E-state index < -0.39 is 11.7 Å². The minimum absolute atomic E-state index is 0.150. The van der Waals surface area contributed by atoms with Crippen LogP contribution in [-0.2, 0) is 6.18 Å². The van der Waals surface area contributed by atoms with E-state index in [1.54, 1.807) is 17.3 Å². The summed E-state index contributed by atoms with van der Waals surface area (Å²) in [5.74, 6) is 0. The predicted molar refractivity (Wildman–Crippen MR) is 92.1 cm³/mol. The fourth-order valence-corrected chi connectivity index (χ4v) is 2.71. The quantitative estimate of drug-likeness (QED) is 0.764. The Morgan fingerprint density at radius 1 is 1.17 bits per heavy atom. The first-order chi connectivity index (χ1) is 11.4. The molecule has 0 spiro atoms. The second kappa shape index (κ2) is 6.94. The highest BCUT2D eigenvalue weighted by Crippen LogP contribution is 2.32. The van der Waals surface area contributed by atoms with Gasteiger partial charge in [0.2, 0.25) is 0 Å². The van der Waals surface area contributed by atoms with Gasteiger partial charge in [-0.05, 0) is 35.9 Å². The topological polar surface area (TPSA) is 27.6 Å². The molecule has 1 unspecified atom stereocenters. The number of alkyl halides is 3. The van der Waals surface area contributed by atoms with Crippen LogP contribution in [0.4, 0.5) is 18.9 Å². The highest BCUT2D eigenvalue weighted by atomic mass is 79.9. The van der Waals surface area contributed by atoms with Crippen molar-refractivity contribution >= 4 is 27.8 Å². The Morgan fingerprint density at radius 3 is 2.62 bits per heavy atom. The van der Waals surface area contributed by atoms with Gasteiger partial charge in [-0.2, -0.15) is 13.2 Å². The smallest absolute Gasteiger partial charge is 0.306 e. The third-order valence-corrected chi connectivity index (χ3v) is 4.22. The van der Waals surface area contributed by atoms with Gasteiger partial charge in [-0.3, -0.25) is 4.99 Å². The van der Waals surface area contributed by atoms with Gasteiger partial charge in [-0.1, -0.05) is 34.1 Å². The molecule has 2 aromatic rings. The molecule has 1 fully saturated rings. The van der Waals surface area contributed by atoms with Gasteiger partial charge < -0.3 is 5.01 Å². The molecule has 2 aromatic carbocycles. The summed E-state index contributed by atoms with van der Waals surface area (Å²) < 4.78 is 39.4. The number of anilines is 1. The van der Waals surface area contributed by atoms with Crippen molar-refractivity contribution in [3.8, 4) is 0 Å². The van der Waals surface area contributed by atoms with E-state index in [1.165, 1.54) is 6.07 Å². The predicted octanol–water partition coefficient (Wildman–Crippen LogP) is 4.63. The summed E-state index contributed by atoms with van der Waals surface area (Å²) in [5, 5.41) is 1.71. The average molecular weight is 398 g/mol. The third kappa shape index (κ3) is 4.15. The minimum atomic E-state index is -4.34. The van der Waals surface area contributed by atoms with Crippen LogP contribution < -0.4 is 10.4 Å². The maximum atomic E-state index is 12.8. The summed E-state index contributed by atoms with van der Waals surface area (Å²) in [7, 11) is 0. The lowest BCUT2D eigenvalue weighted by Gasteiger charge is -2.20. The fraction of sp³-hybridized carbons (Fsp3) is 0.235.